The molecule has 0 aromatic carbocycles. The fraction of sp³-hybridized carbons (Fsp3) is 1.00. The van der Waals surface area contributed by atoms with Gasteiger partial charge in [0.1, 0.15) is 0 Å². The summed E-state index contributed by atoms with van der Waals surface area (Å²) in [5.74, 6) is -1.70. The molecule has 0 bridgehead atoms. The first-order chi connectivity index (χ1) is 4.48. The third-order valence-corrected chi connectivity index (χ3v) is 1.42. The minimum atomic E-state index is -1.70. The predicted molar refractivity (Wildman–Crippen MR) is 39.4 cm³/mol. The standard InChI is InChI=1S/C6H16N2O2/c1-6(9,10)8(3)5-4-7-2/h7,9-10H,4-5H2,1-3H3. The van der Waals surface area contributed by atoms with Crippen molar-refractivity contribution in [2.45, 2.75) is 12.8 Å². The molecule has 0 heterocycles. The Morgan fingerprint density at radius 1 is 1.50 bits per heavy atom. The molecule has 0 saturated heterocycles. The monoisotopic (exact) mass is 148 g/mol. The van der Waals surface area contributed by atoms with Crippen LogP contribution in [0.1, 0.15) is 6.92 Å². The van der Waals surface area contributed by atoms with E-state index in [1.165, 1.54) is 11.8 Å². The van der Waals surface area contributed by atoms with Gasteiger partial charge in [0.2, 0.25) is 5.91 Å². The van der Waals surface area contributed by atoms with Crippen LogP contribution in [0.5, 0.6) is 0 Å². The normalized spacial score (nSPS) is 12.6. The molecule has 0 radical (unpaired) electrons. The second-order valence-corrected chi connectivity index (χ2v) is 2.50. The molecule has 0 fully saturated rings. The maximum atomic E-state index is 8.97. The van der Waals surface area contributed by atoms with Gasteiger partial charge in [0.15, 0.2) is 0 Å². The highest BCUT2D eigenvalue weighted by Gasteiger charge is 2.20. The lowest BCUT2D eigenvalue weighted by molar-refractivity contribution is -0.241. The van der Waals surface area contributed by atoms with Gasteiger partial charge in [-0.15, -0.1) is 0 Å². The SMILES string of the molecule is CNCCN(C)C(C)(O)O. The van der Waals surface area contributed by atoms with Gasteiger partial charge in [-0.05, 0) is 14.1 Å². The largest absolute Gasteiger partial charge is 0.353 e. The summed E-state index contributed by atoms with van der Waals surface area (Å²) in [7, 11) is 3.47. The van der Waals surface area contributed by atoms with Gasteiger partial charge < -0.3 is 15.5 Å². The van der Waals surface area contributed by atoms with Gasteiger partial charge in [-0.2, -0.15) is 0 Å². The van der Waals surface area contributed by atoms with Crippen LogP contribution >= 0.6 is 0 Å². The number of aliphatic hydroxyl groups is 2. The summed E-state index contributed by atoms with van der Waals surface area (Å²) >= 11 is 0. The van der Waals surface area contributed by atoms with E-state index in [0.717, 1.165) is 6.54 Å². The van der Waals surface area contributed by atoms with Crippen LogP contribution in [0.3, 0.4) is 0 Å². The van der Waals surface area contributed by atoms with Crippen molar-refractivity contribution in [2.24, 2.45) is 0 Å². The van der Waals surface area contributed by atoms with E-state index >= 15 is 0 Å². The zero-order valence-corrected chi connectivity index (χ0v) is 6.76. The zero-order valence-electron chi connectivity index (χ0n) is 6.76. The smallest absolute Gasteiger partial charge is 0.221 e. The third-order valence-electron chi connectivity index (χ3n) is 1.42. The lowest BCUT2D eigenvalue weighted by atomic mass is 10.4. The Balaban J connectivity index is 3.52. The average Bonchev–Trinajstić information content (AvgIpc) is 1.80. The van der Waals surface area contributed by atoms with E-state index in [1.54, 1.807) is 7.05 Å². The van der Waals surface area contributed by atoms with Crippen molar-refractivity contribution in [1.82, 2.24) is 10.2 Å². The molecule has 0 aromatic heterocycles. The Labute approximate surface area is 61.5 Å². The fourth-order valence-electron chi connectivity index (χ4n) is 0.491. The summed E-state index contributed by atoms with van der Waals surface area (Å²) in [6.45, 7) is 2.69. The molecule has 4 nitrogen and oxygen atoms in total. The van der Waals surface area contributed by atoms with Crippen LogP contribution in [0.4, 0.5) is 0 Å². The highest BCUT2D eigenvalue weighted by molar-refractivity contribution is 4.58. The molecule has 0 rings (SSSR count). The number of likely N-dealkylation sites (N-methyl/N-ethyl adjacent to an activating group) is 2. The van der Waals surface area contributed by atoms with Crippen molar-refractivity contribution in [3.63, 3.8) is 0 Å². The first-order valence-corrected chi connectivity index (χ1v) is 3.29. The minimum Gasteiger partial charge on any atom is -0.353 e. The minimum absolute atomic E-state index is 0.611. The van der Waals surface area contributed by atoms with Crippen molar-refractivity contribution < 1.29 is 10.2 Å². The van der Waals surface area contributed by atoms with Gasteiger partial charge in [0, 0.05) is 20.0 Å². The van der Waals surface area contributed by atoms with Gasteiger partial charge in [-0.3, -0.25) is 4.90 Å². The van der Waals surface area contributed by atoms with Crippen molar-refractivity contribution >= 4 is 0 Å². The highest BCUT2D eigenvalue weighted by Crippen LogP contribution is 2.01. The lowest BCUT2D eigenvalue weighted by Gasteiger charge is -2.27. The molecule has 0 saturated carbocycles. The maximum absolute atomic E-state index is 8.97. The molecule has 0 aromatic rings. The van der Waals surface area contributed by atoms with E-state index in [2.05, 4.69) is 5.32 Å². The molecule has 0 aliphatic carbocycles. The van der Waals surface area contributed by atoms with Crippen molar-refractivity contribution in [3.8, 4) is 0 Å². The molecule has 62 valence electrons. The van der Waals surface area contributed by atoms with Gasteiger partial charge in [0.05, 0.1) is 0 Å². The second-order valence-electron chi connectivity index (χ2n) is 2.50. The van der Waals surface area contributed by atoms with Crippen LogP contribution in [0, 0.1) is 0 Å². The molecule has 0 atom stereocenters. The Morgan fingerprint density at radius 2 is 2.00 bits per heavy atom. The van der Waals surface area contributed by atoms with Crippen LogP contribution in [-0.4, -0.2) is 48.2 Å². The number of rotatable bonds is 4. The number of nitrogens with one attached hydrogen (secondary N) is 1. The number of hydrogen-bond acceptors (Lipinski definition) is 4. The Morgan fingerprint density at radius 3 is 2.30 bits per heavy atom. The van der Waals surface area contributed by atoms with Crippen LogP contribution in [0.15, 0.2) is 0 Å². The summed E-state index contributed by atoms with van der Waals surface area (Å²) in [4.78, 5) is 1.45. The summed E-state index contributed by atoms with van der Waals surface area (Å²) in [6, 6.07) is 0. The summed E-state index contributed by atoms with van der Waals surface area (Å²) in [5.41, 5.74) is 0. The van der Waals surface area contributed by atoms with Gasteiger partial charge in [-0.1, -0.05) is 0 Å². The lowest BCUT2D eigenvalue weighted by Crippen LogP contribution is -2.45. The first kappa shape index (κ1) is 9.84. The van der Waals surface area contributed by atoms with E-state index < -0.39 is 5.91 Å². The molecule has 0 spiro atoms. The van der Waals surface area contributed by atoms with E-state index in [9.17, 15) is 0 Å². The van der Waals surface area contributed by atoms with Gasteiger partial charge in [-0.25, -0.2) is 0 Å². The van der Waals surface area contributed by atoms with E-state index in [-0.39, 0.29) is 0 Å². The van der Waals surface area contributed by atoms with E-state index in [0.29, 0.717) is 6.54 Å². The summed E-state index contributed by atoms with van der Waals surface area (Å²) in [5, 5.41) is 20.8. The van der Waals surface area contributed by atoms with Gasteiger partial charge in [0.25, 0.3) is 0 Å². The van der Waals surface area contributed by atoms with Crippen LogP contribution in [-0.2, 0) is 0 Å². The van der Waals surface area contributed by atoms with Gasteiger partial charge >= 0.3 is 0 Å². The third kappa shape index (κ3) is 3.79. The van der Waals surface area contributed by atoms with Crippen molar-refractivity contribution in [1.29, 1.82) is 0 Å². The molecule has 4 heteroatoms. The van der Waals surface area contributed by atoms with Crippen molar-refractivity contribution in [2.75, 3.05) is 27.2 Å². The first-order valence-electron chi connectivity index (χ1n) is 3.29. The molecular weight excluding hydrogens is 132 g/mol. The van der Waals surface area contributed by atoms with E-state index in [1.807, 2.05) is 7.05 Å². The quantitative estimate of drug-likeness (QED) is 0.438. The van der Waals surface area contributed by atoms with Crippen LogP contribution in [0.25, 0.3) is 0 Å². The average molecular weight is 148 g/mol. The van der Waals surface area contributed by atoms with E-state index in [4.69, 9.17) is 10.2 Å². The highest BCUT2D eigenvalue weighted by atomic mass is 16.5. The van der Waals surface area contributed by atoms with Crippen molar-refractivity contribution in [3.05, 3.63) is 0 Å². The summed E-state index contributed by atoms with van der Waals surface area (Å²) in [6.07, 6.45) is 0. The van der Waals surface area contributed by atoms with Crippen LogP contribution in [0.2, 0.25) is 0 Å². The molecular formula is C6H16N2O2. The molecule has 0 unspecified atom stereocenters. The molecule has 0 amide bonds. The fourth-order valence-corrected chi connectivity index (χ4v) is 0.491. The van der Waals surface area contributed by atoms with Crippen LogP contribution < -0.4 is 5.32 Å². The molecule has 0 aliphatic heterocycles. The Bertz CT molecular complexity index is 90.2. The number of nitrogens with zero attached hydrogens (tertiary/aromatic N) is 1. The predicted octanol–water partition coefficient (Wildman–Crippen LogP) is -1.20. The summed E-state index contributed by atoms with van der Waals surface area (Å²) < 4.78 is 0. The molecule has 3 N–H and O–H groups in total. The Kier molecular flexibility index (Phi) is 3.81. The topological polar surface area (TPSA) is 55.7 Å². The maximum Gasteiger partial charge on any atom is 0.221 e. The zero-order chi connectivity index (χ0) is 8.20. The number of hydrogen-bond donors (Lipinski definition) is 3. The molecule has 10 heavy (non-hydrogen) atoms. The Hall–Kier alpha value is -0.160. The second kappa shape index (κ2) is 3.88. The molecule has 0 aliphatic rings.